The minimum absolute atomic E-state index is 0.520. The third-order valence-electron chi connectivity index (χ3n) is 1.29. The zero-order chi connectivity index (χ0) is 11.6. The summed E-state index contributed by atoms with van der Waals surface area (Å²) in [5.74, 6) is -0.933. The molecule has 0 bridgehead atoms. The van der Waals surface area contributed by atoms with Gasteiger partial charge in [-0.3, -0.25) is 4.79 Å². The summed E-state index contributed by atoms with van der Waals surface area (Å²) in [4.78, 5) is 18.6. The molecule has 0 aromatic heterocycles. The molecule has 84 valence electrons. The second kappa shape index (κ2) is 9.75. The maximum atomic E-state index is 10.1. The fraction of sp³-hybridized carbons (Fsp3) is 0.714. The van der Waals surface area contributed by atoms with E-state index in [0.717, 1.165) is 12.8 Å². The van der Waals surface area contributed by atoms with Gasteiger partial charge in [-0.05, 0) is 19.4 Å². The lowest BCUT2D eigenvalue weighted by molar-refractivity contribution is -0.275. The molecule has 0 heterocycles. The van der Waals surface area contributed by atoms with Gasteiger partial charge in [0.1, 0.15) is 6.04 Å². The van der Waals surface area contributed by atoms with E-state index in [-0.39, 0.29) is 0 Å². The zero-order valence-electron chi connectivity index (χ0n) is 7.68. The van der Waals surface area contributed by atoms with Gasteiger partial charge < -0.3 is 31.6 Å². The Morgan fingerprint density at radius 3 is 2.00 bits per heavy atom. The number of hydrogen-bond donors (Lipinski definition) is 4. The maximum Gasteiger partial charge on any atom is 0.320 e. The van der Waals surface area contributed by atoms with Gasteiger partial charge in [-0.1, -0.05) is 6.42 Å². The Balaban J connectivity index is 0. The fourth-order valence-corrected chi connectivity index (χ4v) is 0.632. The van der Waals surface area contributed by atoms with Gasteiger partial charge in [0, 0.05) is 0 Å². The van der Waals surface area contributed by atoms with Gasteiger partial charge in [-0.2, -0.15) is 0 Å². The average Bonchev–Trinajstić information content (AvgIpc) is 2.03. The van der Waals surface area contributed by atoms with E-state index in [0.29, 0.717) is 13.0 Å². The zero-order valence-corrected chi connectivity index (χ0v) is 7.68. The van der Waals surface area contributed by atoms with Crippen molar-refractivity contribution in [1.82, 2.24) is 0 Å². The molecule has 0 aliphatic carbocycles. The lowest BCUT2D eigenvalue weighted by Gasteiger charge is -2.03. The van der Waals surface area contributed by atoms with Gasteiger partial charge in [0.05, 0.1) is 0 Å². The maximum absolute atomic E-state index is 10.1. The summed E-state index contributed by atoms with van der Waals surface area (Å²) in [7, 11) is 0. The van der Waals surface area contributed by atoms with E-state index in [9.17, 15) is 4.79 Å². The number of aliphatic carboxylic acids is 1. The number of carboxylic acid groups (broad SMARTS) is 3. The predicted molar refractivity (Wildman–Crippen MR) is 46.5 cm³/mol. The lowest BCUT2D eigenvalue weighted by Crippen LogP contribution is -2.29. The van der Waals surface area contributed by atoms with Crippen LogP contribution in [0.15, 0.2) is 0 Å². The minimum Gasteiger partial charge on any atom is -0.565 e. The molecule has 7 nitrogen and oxygen atoms in total. The molecule has 1 atom stereocenters. The van der Waals surface area contributed by atoms with Crippen LogP contribution in [0.5, 0.6) is 0 Å². The van der Waals surface area contributed by atoms with Gasteiger partial charge in [-0.25, -0.2) is 0 Å². The normalized spacial score (nSPS) is 11.0. The molecule has 0 spiro atoms. The van der Waals surface area contributed by atoms with Crippen LogP contribution in [0.4, 0.5) is 4.79 Å². The monoisotopic (exact) mass is 207 g/mol. The van der Waals surface area contributed by atoms with E-state index in [4.69, 9.17) is 31.6 Å². The average molecular weight is 207 g/mol. The molecule has 0 saturated heterocycles. The summed E-state index contributed by atoms with van der Waals surface area (Å²) < 4.78 is 0. The Morgan fingerprint density at radius 2 is 1.71 bits per heavy atom. The van der Waals surface area contributed by atoms with Crippen LogP contribution in [0.25, 0.3) is 0 Å². The Bertz CT molecular complexity index is 169. The smallest absolute Gasteiger partial charge is 0.320 e. The van der Waals surface area contributed by atoms with Gasteiger partial charge in [0.15, 0.2) is 0 Å². The predicted octanol–water partition coefficient (Wildman–Crippen LogP) is -1.58. The third kappa shape index (κ3) is 17.0. The molecule has 14 heavy (non-hydrogen) atoms. The highest BCUT2D eigenvalue weighted by molar-refractivity contribution is 5.72. The van der Waals surface area contributed by atoms with E-state index in [1.165, 1.54) is 0 Å². The summed E-state index contributed by atoms with van der Waals surface area (Å²) in [6.07, 6.45) is 0.0808. The molecule has 7 heteroatoms. The van der Waals surface area contributed by atoms with Crippen LogP contribution < -0.4 is 16.6 Å². The number of hydrogen-bond acceptors (Lipinski definition) is 5. The van der Waals surface area contributed by atoms with Crippen LogP contribution in [0, 0.1) is 0 Å². The Hall–Kier alpha value is -1.34. The van der Waals surface area contributed by atoms with E-state index < -0.39 is 18.2 Å². The largest absolute Gasteiger partial charge is 0.565 e. The van der Waals surface area contributed by atoms with Crippen molar-refractivity contribution in [3.63, 3.8) is 0 Å². The Kier molecular flexibility index (Phi) is 10.5. The first kappa shape index (κ1) is 15.1. The van der Waals surface area contributed by atoms with Crippen molar-refractivity contribution in [2.24, 2.45) is 11.5 Å². The highest BCUT2D eigenvalue weighted by Crippen LogP contribution is 1.96. The Morgan fingerprint density at radius 1 is 1.29 bits per heavy atom. The second-order valence-corrected chi connectivity index (χ2v) is 2.50. The molecule has 0 aliphatic heterocycles. The third-order valence-corrected chi connectivity index (χ3v) is 1.29. The summed E-state index contributed by atoms with van der Waals surface area (Å²) in [6.45, 7) is 0.604. The SMILES string of the molecule is NCCCC[C@H](N)C(=O)O.O=C([O-])O. The highest BCUT2D eigenvalue weighted by Gasteiger charge is 2.09. The molecule has 0 amide bonds. The first-order chi connectivity index (χ1) is 6.41. The molecule has 0 rings (SSSR count). The van der Waals surface area contributed by atoms with Crippen LogP contribution in [0.3, 0.4) is 0 Å². The standard InChI is InChI=1S/C6H14N2O2.CH2O3/c7-4-2-1-3-5(8)6(9)10;2-1(3)4/h5H,1-4,7-8H2,(H,9,10);(H2,2,3,4)/p-1/t5-;/m0./s1. The van der Waals surface area contributed by atoms with E-state index in [1.807, 2.05) is 0 Å². The number of carbonyl (C=O) groups is 2. The molecule has 0 radical (unpaired) electrons. The molecule has 0 aromatic rings. The number of nitrogens with two attached hydrogens (primary N) is 2. The van der Waals surface area contributed by atoms with Crippen LogP contribution >= 0.6 is 0 Å². The fourth-order valence-electron chi connectivity index (χ4n) is 0.632. The van der Waals surface area contributed by atoms with Crippen molar-refractivity contribution in [2.45, 2.75) is 25.3 Å². The van der Waals surface area contributed by atoms with Gasteiger partial charge >= 0.3 is 5.97 Å². The molecule has 0 fully saturated rings. The minimum atomic E-state index is -2.08. The molecule has 0 aromatic carbocycles. The van der Waals surface area contributed by atoms with E-state index in [2.05, 4.69) is 0 Å². The summed E-state index contributed by atoms with van der Waals surface area (Å²) >= 11 is 0. The second-order valence-electron chi connectivity index (χ2n) is 2.50. The van der Waals surface area contributed by atoms with Crippen molar-refractivity contribution >= 4 is 12.1 Å². The van der Waals surface area contributed by atoms with E-state index >= 15 is 0 Å². The van der Waals surface area contributed by atoms with Crippen molar-refractivity contribution in [2.75, 3.05) is 6.54 Å². The number of carboxylic acids is 1. The molecular weight excluding hydrogens is 192 g/mol. The topological polar surface area (TPSA) is 150 Å². The highest BCUT2D eigenvalue weighted by atomic mass is 16.6. The van der Waals surface area contributed by atoms with Crippen LogP contribution in [0.2, 0.25) is 0 Å². The van der Waals surface area contributed by atoms with E-state index in [1.54, 1.807) is 0 Å². The quantitative estimate of drug-likeness (QED) is 0.397. The van der Waals surface area contributed by atoms with Crippen molar-refractivity contribution in [1.29, 1.82) is 0 Å². The summed E-state index contributed by atoms with van der Waals surface area (Å²) in [6, 6.07) is -0.716. The van der Waals surface area contributed by atoms with Gasteiger partial charge in [-0.15, -0.1) is 0 Å². The van der Waals surface area contributed by atoms with Crippen LogP contribution in [-0.2, 0) is 4.79 Å². The first-order valence-corrected chi connectivity index (χ1v) is 4.00. The first-order valence-electron chi connectivity index (χ1n) is 4.00. The van der Waals surface area contributed by atoms with Crippen LogP contribution in [0.1, 0.15) is 19.3 Å². The molecule has 0 aliphatic rings. The number of unbranched alkanes of at least 4 members (excludes halogenated alkanes) is 1. The van der Waals surface area contributed by atoms with Crippen molar-refractivity contribution in [3.8, 4) is 0 Å². The van der Waals surface area contributed by atoms with Gasteiger partial charge in [0.2, 0.25) is 6.16 Å². The number of rotatable bonds is 5. The molecular formula is C7H15N2O5-. The molecule has 6 N–H and O–H groups in total. The van der Waals surface area contributed by atoms with Gasteiger partial charge in [0.25, 0.3) is 0 Å². The summed E-state index contributed by atoms with van der Waals surface area (Å²) in [5, 5.41) is 23.6. The summed E-state index contributed by atoms with van der Waals surface area (Å²) in [5.41, 5.74) is 10.4. The lowest BCUT2D eigenvalue weighted by atomic mass is 10.1. The Labute approximate surface area is 81.3 Å². The molecule has 0 unspecified atom stereocenters. The van der Waals surface area contributed by atoms with Crippen molar-refractivity contribution in [3.05, 3.63) is 0 Å². The van der Waals surface area contributed by atoms with Crippen LogP contribution in [-0.4, -0.2) is 34.9 Å². The van der Waals surface area contributed by atoms with Crippen molar-refractivity contribution < 1.29 is 24.9 Å². The molecule has 0 saturated carbocycles.